The van der Waals surface area contributed by atoms with Gasteiger partial charge >= 0.3 is 11.9 Å². The second kappa shape index (κ2) is 25.8. The van der Waals surface area contributed by atoms with Gasteiger partial charge < -0.3 is 19.4 Å². The van der Waals surface area contributed by atoms with Crippen molar-refractivity contribution in [3.8, 4) is 0 Å². The number of anilines is 1. The highest BCUT2D eigenvalue weighted by Crippen LogP contribution is 2.15. The van der Waals surface area contributed by atoms with Gasteiger partial charge in [0, 0.05) is 32.7 Å². The molecule has 2 aromatic rings. The summed E-state index contributed by atoms with van der Waals surface area (Å²) in [6.45, 7) is 7.03. The summed E-state index contributed by atoms with van der Waals surface area (Å²) in [7, 11) is 0. The molecule has 12 heteroatoms. The maximum Gasteiger partial charge on any atom is 0.302 e. The highest BCUT2D eigenvalue weighted by Gasteiger charge is 2.18. The molecule has 2 amide bonds. The molecule has 0 radical (unpaired) electrons. The molecule has 2 rings (SSSR count). The van der Waals surface area contributed by atoms with Crippen LogP contribution in [-0.4, -0.2) is 62.5 Å². The number of imidazole rings is 1. The molecule has 12 nitrogen and oxygen atoms in total. The quantitative estimate of drug-likeness (QED) is 0.0880. The summed E-state index contributed by atoms with van der Waals surface area (Å²) in [5.74, 6) is -1.67. The number of carbonyl (C=O) groups excluding carboxylic acids is 4. The topological polar surface area (TPSA) is 154 Å². The minimum atomic E-state index is -0.796. The van der Waals surface area contributed by atoms with Crippen molar-refractivity contribution >= 4 is 40.9 Å². The monoisotopic (exact) mass is 702 g/mol. The molecule has 0 saturated heterocycles. The number of allylic oxidation sites excluding steroid dienone is 12. The van der Waals surface area contributed by atoms with Gasteiger partial charge in [-0.2, -0.15) is 4.98 Å². The van der Waals surface area contributed by atoms with Crippen LogP contribution < -0.4 is 10.6 Å². The van der Waals surface area contributed by atoms with E-state index in [4.69, 9.17) is 9.47 Å². The molecular formula is C39H54N6O6. The number of aromatic nitrogens is 4. The zero-order valence-electron chi connectivity index (χ0n) is 30.5. The Labute approximate surface area is 301 Å². The van der Waals surface area contributed by atoms with E-state index >= 15 is 0 Å². The van der Waals surface area contributed by atoms with E-state index in [1.807, 2.05) is 12.2 Å². The van der Waals surface area contributed by atoms with Crippen molar-refractivity contribution < 1.29 is 28.7 Å². The standard InChI is InChI=1S/C39H54N6O6/c1-5-6-7-8-9-10-11-12-13-14-15-16-17-18-19-20-21-22-23-24-36(48)42-31(2)38(49)44-39-40-27-35-37(43-39)45(30-41-35)26-25-34(28-50-32(3)46)29-51-33(4)47/h6-7,9-10,12-13,15-16,18-19,21-22,27,30-31,34H,5,8,11,14,17,20,23-26,28-29H2,1-4H3,(H,42,48)(H,40,43,44,49). The Morgan fingerprint density at radius 3 is 1.84 bits per heavy atom. The lowest BCUT2D eigenvalue weighted by Crippen LogP contribution is -2.41. The smallest absolute Gasteiger partial charge is 0.302 e. The largest absolute Gasteiger partial charge is 0.465 e. The van der Waals surface area contributed by atoms with E-state index in [1.165, 1.54) is 20.0 Å². The van der Waals surface area contributed by atoms with Crippen molar-refractivity contribution in [3.05, 3.63) is 85.4 Å². The van der Waals surface area contributed by atoms with Crippen LogP contribution in [0.2, 0.25) is 0 Å². The van der Waals surface area contributed by atoms with Gasteiger partial charge in [-0.05, 0) is 58.3 Å². The lowest BCUT2D eigenvalue weighted by molar-refractivity contribution is -0.146. The van der Waals surface area contributed by atoms with Crippen LogP contribution in [0.5, 0.6) is 0 Å². The fraction of sp³-hybridized carbons (Fsp3) is 0.462. The van der Waals surface area contributed by atoms with E-state index < -0.39 is 23.9 Å². The molecular weight excluding hydrogens is 648 g/mol. The maximum absolute atomic E-state index is 12.8. The summed E-state index contributed by atoms with van der Waals surface area (Å²) in [4.78, 5) is 60.7. The van der Waals surface area contributed by atoms with Crippen molar-refractivity contribution in [1.82, 2.24) is 24.8 Å². The first-order valence-electron chi connectivity index (χ1n) is 17.6. The Morgan fingerprint density at radius 2 is 1.31 bits per heavy atom. The number of amides is 2. The van der Waals surface area contributed by atoms with E-state index in [1.54, 1.807) is 17.8 Å². The van der Waals surface area contributed by atoms with Crippen LogP contribution in [-0.2, 0) is 35.2 Å². The number of aryl methyl sites for hydroxylation is 1. The van der Waals surface area contributed by atoms with E-state index in [-0.39, 0.29) is 37.4 Å². The number of rotatable bonds is 24. The van der Waals surface area contributed by atoms with Crippen LogP contribution in [0.25, 0.3) is 11.2 Å². The van der Waals surface area contributed by atoms with E-state index in [0.717, 1.165) is 38.5 Å². The molecule has 0 aliphatic carbocycles. The molecule has 51 heavy (non-hydrogen) atoms. The summed E-state index contributed by atoms with van der Waals surface area (Å²) in [5.41, 5.74) is 1.02. The first kappa shape index (κ1) is 42.0. The Kier molecular flexibility index (Phi) is 21.3. The van der Waals surface area contributed by atoms with Gasteiger partial charge in [-0.25, -0.2) is 9.97 Å². The molecule has 0 spiro atoms. The van der Waals surface area contributed by atoms with E-state index in [2.05, 4.69) is 93.3 Å². The molecule has 0 aromatic carbocycles. The van der Waals surface area contributed by atoms with Gasteiger partial charge in [0.25, 0.3) is 0 Å². The predicted molar refractivity (Wildman–Crippen MR) is 200 cm³/mol. The second-order valence-corrected chi connectivity index (χ2v) is 11.8. The van der Waals surface area contributed by atoms with Crippen LogP contribution in [0.3, 0.4) is 0 Å². The van der Waals surface area contributed by atoms with Gasteiger partial charge in [-0.15, -0.1) is 0 Å². The number of nitrogens with zero attached hydrogens (tertiary/aromatic N) is 4. The first-order chi connectivity index (χ1) is 24.7. The van der Waals surface area contributed by atoms with Crippen molar-refractivity contribution in [1.29, 1.82) is 0 Å². The molecule has 0 fully saturated rings. The summed E-state index contributed by atoms with van der Waals surface area (Å²) in [6, 6.07) is -0.796. The van der Waals surface area contributed by atoms with Gasteiger partial charge in [-0.1, -0.05) is 79.8 Å². The van der Waals surface area contributed by atoms with Crippen LogP contribution >= 0.6 is 0 Å². The molecule has 276 valence electrons. The zero-order chi connectivity index (χ0) is 37.1. The lowest BCUT2D eigenvalue weighted by Gasteiger charge is -2.16. The van der Waals surface area contributed by atoms with Gasteiger partial charge in [0.2, 0.25) is 17.8 Å². The first-order valence-corrected chi connectivity index (χ1v) is 17.6. The molecule has 0 bridgehead atoms. The highest BCUT2D eigenvalue weighted by atomic mass is 16.5. The molecule has 0 aliphatic rings. The van der Waals surface area contributed by atoms with Crippen LogP contribution in [0, 0.1) is 5.92 Å². The number of fused-ring (bicyclic) bond motifs is 1. The third kappa shape index (κ3) is 19.6. The molecule has 0 aliphatic heterocycles. The number of ether oxygens (including phenoxy) is 2. The number of hydrogen-bond acceptors (Lipinski definition) is 9. The Balaban J connectivity index is 1.69. The third-order valence-corrected chi connectivity index (χ3v) is 7.32. The fourth-order valence-electron chi connectivity index (χ4n) is 4.54. The predicted octanol–water partition coefficient (Wildman–Crippen LogP) is 6.88. The number of hydrogen-bond donors (Lipinski definition) is 2. The third-order valence-electron chi connectivity index (χ3n) is 7.32. The fourth-order valence-corrected chi connectivity index (χ4v) is 4.54. The Bertz CT molecular complexity index is 1540. The minimum Gasteiger partial charge on any atom is -0.465 e. The number of esters is 2. The summed E-state index contributed by atoms with van der Waals surface area (Å²) in [6.07, 6.45) is 35.7. The second-order valence-electron chi connectivity index (χ2n) is 11.8. The van der Waals surface area contributed by atoms with Gasteiger partial charge in [0.1, 0.15) is 11.6 Å². The molecule has 2 aromatic heterocycles. The minimum absolute atomic E-state index is 0.0738. The van der Waals surface area contributed by atoms with Crippen molar-refractivity contribution in [2.24, 2.45) is 5.92 Å². The van der Waals surface area contributed by atoms with Crippen LogP contribution in [0.4, 0.5) is 5.95 Å². The highest BCUT2D eigenvalue weighted by molar-refractivity contribution is 5.96. The van der Waals surface area contributed by atoms with Gasteiger partial charge in [-0.3, -0.25) is 24.5 Å². The molecule has 1 unspecified atom stereocenters. The lowest BCUT2D eigenvalue weighted by atomic mass is 10.1. The SMILES string of the molecule is CCC=CCC=CCC=CCC=CCC=CCC=CCCC(=O)NC(C)C(=O)Nc1ncc2ncn(CCC(COC(C)=O)COC(C)=O)c2n1. The van der Waals surface area contributed by atoms with E-state index in [9.17, 15) is 19.2 Å². The van der Waals surface area contributed by atoms with Gasteiger partial charge in [0.15, 0.2) is 5.65 Å². The molecule has 2 heterocycles. The summed E-state index contributed by atoms with van der Waals surface area (Å²) in [5, 5.41) is 5.36. The number of nitrogens with one attached hydrogen (secondary N) is 2. The average molecular weight is 703 g/mol. The van der Waals surface area contributed by atoms with Crippen LogP contribution in [0.1, 0.15) is 85.5 Å². The zero-order valence-corrected chi connectivity index (χ0v) is 30.5. The Morgan fingerprint density at radius 1 is 0.784 bits per heavy atom. The van der Waals surface area contributed by atoms with Gasteiger partial charge in [0.05, 0.1) is 25.7 Å². The van der Waals surface area contributed by atoms with Crippen LogP contribution in [0.15, 0.2) is 85.4 Å². The number of carbonyl (C=O) groups is 4. The normalized spacial score (nSPS) is 12.8. The Hall–Kier alpha value is -5.13. The average Bonchev–Trinajstić information content (AvgIpc) is 3.50. The molecule has 2 N–H and O–H groups in total. The maximum atomic E-state index is 12.8. The van der Waals surface area contributed by atoms with Crippen molar-refractivity contribution in [2.75, 3.05) is 18.5 Å². The molecule has 0 saturated carbocycles. The van der Waals surface area contributed by atoms with Crippen molar-refractivity contribution in [3.63, 3.8) is 0 Å². The summed E-state index contributed by atoms with van der Waals surface area (Å²) >= 11 is 0. The van der Waals surface area contributed by atoms with E-state index in [0.29, 0.717) is 30.6 Å². The molecule has 1 atom stereocenters. The van der Waals surface area contributed by atoms with Crippen molar-refractivity contribution in [2.45, 2.75) is 98.1 Å². The summed E-state index contributed by atoms with van der Waals surface area (Å²) < 4.78 is 12.0.